The van der Waals surface area contributed by atoms with Crippen LogP contribution in [0.2, 0.25) is 0 Å². The number of aliphatic hydroxyl groups is 1. The van der Waals surface area contributed by atoms with Crippen LogP contribution in [0.5, 0.6) is 0 Å². The van der Waals surface area contributed by atoms with Gasteiger partial charge in [-0.2, -0.15) is 0 Å². The third-order valence-corrected chi connectivity index (χ3v) is 3.55. The molecule has 0 aliphatic carbocycles. The van der Waals surface area contributed by atoms with Crippen molar-refractivity contribution >= 4 is 11.7 Å². The molecule has 0 aliphatic heterocycles. The average Bonchev–Trinajstić information content (AvgIpc) is 2.59. The van der Waals surface area contributed by atoms with Gasteiger partial charge in [0, 0.05) is 17.9 Å². The zero-order valence-corrected chi connectivity index (χ0v) is 13.1. The Hall–Kier alpha value is -2.47. The smallest absolute Gasteiger partial charge is 0.319 e. The molecule has 0 radical (unpaired) electrons. The molecule has 0 saturated carbocycles. The van der Waals surface area contributed by atoms with Crippen LogP contribution in [0.3, 0.4) is 0 Å². The molecule has 4 nitrogen and oxygen atoms in total. The molecule has 2 rings (SSSR count). The summed E-state index contributed by atoms with van der Waals surface area (Å²) in [5.74, 6) is 0. The Morgan fingerprint density at radius 2 is 1.75 bits per heavy atom. The van der Waals surface area contributed by atoms with Crippen LogP contribution in [0.4, 0.5) is 19.3 Å². The van der Waals surface area contributed by atoms with Gasteiger partial charge in [-0.1, -0.05) is 42.5 Å². The van der Waals surface area contributed by atoms with Crippen molar-refractivity contribution in [1.29, 1.82) is 0 Å². The van der Waals surface area contributed by atoms with Gasteiger partial charge in [0.15, 0.2) is 0 Å². The Bertz CT molecular complexity index is 650. The van der Waals surface area contributed by atoms with Gasteiger partial charge in [-0.25, -0.2) is 13.6 Å². The van der Waals surface area contributed by atoms with E-state index in [2.05, 4.69) is 10.6 Å². The van der Waals surface area contributed by atoms with E-state index >= 15 is 0 Å². The van der Waals surface area contributed by atoms with E-state index in [4.69, 9.17) is 5.11 Å². The Morgan fingerprint density at radius 3 is 2.42 bits per heavy atom. The molecule has 6 heteroatoms. The largest absolute Gasteiger partial charge is 0.396 e. The van der Waals surface area contributed by atoms with E-state index in [1.165, 1.54) is 18.2 Å². The number of nitrogens with one attached hydrogen (secondary N) is 2. The molecule has 24 heavy (non-hydrogen) atoms. The van der Waals surface area contributed by atoms with Gasteiger partial charge < -0.3 is 15.7 Å². The molecule has 0 heterocycles. The number of carbonyl (C=O) groups excluding carboxylic acids is 1. The highest BCUT2D eigenvalue weighted by Crippen LogP contribution is 2.22. The Morgan fingerprint density at radius 1 is 1.04 bits per heavy atom. The Balaban J connectivity index is 2.03. The fourth-order valence-electron chi connectivity index (χ4n) is 2.38. The number of amides is 2. The highest BCUT2D eigenvalue weighted by Gasteiger charge is 2.15. The second-order valence-electron chi connectivity index (χ2n) is 5.35. The molecule has 2 aromatic carbocycles. The summed E-state index contributed by atoms with van der Waals surface area (Å²) in [4.78, 5) is 12.2. The number of anilines is 1. The monoisotopic (exact) mass is 334 g/mol. The van der Waals surface area contributed by atoms with E-state index in [1.54, 1.807) is 6.07 Å². The van der Waals surface area contributed by atoms with Gasteiger partial charge in [-0.3, -0.25) is 0 Å². The van der Waals surface area contributed by atoms with Crippen LogP contribution in [-0.4, -0.2) is 17.7 Å². The van der Waals surface area contributed by atoms with Gasteiger partial charge in [-0.05, 0) is 30.5 Å². The van der Waals surface area contributed by atoms with E-state index in [0.717, 1.165) is 5.56 Å². The van der Waals surface area contributed by atoms with E-state index in [9.17, 15) is 13.6 Å². The normalized spacial score (nSPS) is 12.0. The minimum Gasteiger partial charge on any atom is -0.396 e. The van der Waals surface area contributed by atoms with Crippen molar-refractivity contribution in [3.8, 4) is 0 Å². The highest BCUT2D eigenvalue weighted by molar-refractivity contribution is 5.89. The predicted molar refractivity (Wildman–Crippen MR) is 89.1 cm³/mol. The molecule has 128 valence electrons. The molecule has 2 aromatic rings. The van der Waals surface area contributed by atoms with Crippen molar-refractivity contribution in [2.24, 2.45) is 0 Å². The molecular weight excluding hydrogens is 314 g/mol. The van der Waals surface area contributed by atoms with Gasteiger partial charge in [0.05, 0.1) is 6.04 Å². The second-order valence-corrected chi connectivity index (χ2v) is 5.35. The number of hydrogen-bond donors (Lipinski definition) is 3. The summed E-state index contributed by atoms with van der Waals surface area (Å²) < 4.78 is 25.4. The number of alkyl halides is 2. The fourth-order valence-corrected chi connectivity index (χ4v) is 2.38. The molecule has 0 bridgehead atoms. The number of carbonyl (C=O) groups is 1. The Labute approximate surface area is 139 Å². The molecule has 1 atom stereocenters. The minimum atomic E-state index is -2.59. The summed E-state index contributed by atoms with van der Waals surface area (Å²) >= 11 is 0. The van der Waals surface area contributed by atoms with Gasteiger partial charge in [0.25, 0.3) is 6.43 Å². The molecule has 1 unspecified atom stereocenters. The molecule has 0 fully saturated rings. The van der Waals surface area contributed by atoms with Crippen LogP contribution < -0.4 is 10.6 Å². The number of urea groups is 1. The van der Waals surface area contributed by atoms with Crippen LogP contribution in [0.25, 0.3) is 0 Å². The van der Waals surface area contributed by atoms with Crippen molar-refractivity contribution in [3.05, 3.63) is 65.7 Å². The maximum Gasteiger partial charge on any atom is 0.319 e. The summed E-state index contributed by atoms with van der Waals surface area (Å²) in [5.41, 5.74) is 1.08. The first kappa shape index (κ1) is 17.9. The topological polar surface area (TPSA) is 61.4 Å². The van der Waals surface area contributed by atoms with E-state index in [0.29, 0.717) is 18.5 Å². The molecular formula is C18H20F2N2O2. The lowest BCUT2D eigenvalue weighted by Gasteiger charge is -2.19. The van der Waals surface area contributed by atoms with Gasteiger partial charge >= 0.3 is 6.03 Å². The Kier molecular flexibility index (Phi) is 6.69. The average molecular weight is 334 g/mol. The summed E-state index contributed by atoms with van der Waals surface area (Å²) in [6.45, 7) is 0.0308. The predicted octanol–water partition coefficient (Wildman–Crippen LogP) is 4.26. The van der Waals surface area contributed by atoms with Crippen LogP contribution >= 0.6 is 0 Å². The molecule has 0 spiro atoms. The summed E-state index contributed by atoms with van der Waals surface area (Å²) in [5, 5.41) is 14.4. The van der Waals surface area contributed by atoms with Gasteiger partial charge in [0.1, 0.15) is 0 Å². The lowest BCUT2D eigenvalue weighted by atomic mass is 10.0. The number of rotatable bonds is 7. The number of hydrogen-bond acceptors (Lipinski definition) is 2. The van der Waals surface area contributed by atoms with Crippen molar-refractivity contribution in [2.45, 2.75) is 25.3 Å². The molecule has 3 N–H and O–H groups in total. The quantitative estimate of drug-likeness (QED) is 0.708. The van der Waals surface area contributed by atoms with E-state index in [1.807, 2.05) is 30.3 Å². The van der Waals surface area contributed by atoms with Crippen LogP contribution in [-0.2, 0) is 0 Å². The first-order chi connectivity index (χ1) is 11.6. The fraction of sp³-hybridized carbons (Fsp3) is 0.278. The summed E-state index contributed by atoms with van der Waals surface area (Å²) in [7, 11) is 0. The van der Waals surface area contributed by atoms with Crippen molar-refractivity contribution < 1.29 is 18.7 Å². The first-order valence-electron chi connectivity index (χ1n) is 7.71. The number of halogens is 2. The van der Waals surface area contributed by atoms with Gasteiger partial charge in [0.2, 0.25) is 0 Å². The zero-order valence-electron chi connectivity index (χ0n) is 13.1. The molecule has 0 saturated heterocycles. The van der Waals surface area contributed by atoms with Crippen LogP contribution in [0.15, 0.2) is 54.6 Å². The highest BCUT2D eigenvalue weighted by atomic mass is 19.3. The van der Waals surface area contributed by atoms with E-state index in [-0.39, 0.29) is 18.2 Å². The van der Waals surface area contributed by atoms with Gasteiger partial charge in [-0.15, -0.1) is 0 Å². The van der Waals surface area contributed by atoms with E-state index < -0.39 is 12.5 Å². The summed E-state index contributed by atoms with van der Waals surface area (Å²) in [6.07, 6.45) is -1.47. The molecule has 0 aromatic heterocycles. The zero-order chi connectivity index (χ0) is 17.4. The van der Waals surface area contributed by atoms with Crippen molar-refractivity contribution in [2.75, 3.05) is 11.9 Å². The van der Waals surface area contributed by atoms with Crippen LogP contribution in [0, 0.1) is 0 Å². The lowest BCUT2D eigenvalue weighted by Crippen LogP contribution is -2.32. The molecule has 0 aliphatic rings. The number of benzene rings is 2. The summed E-state index contributed by atoms with van der Waals surface area (Å²) in [6, 6.07) is 14.2. The number of aliphatic hydroxyl groups excluding tert-OH is 1. The molecule has 2 amide bonds. The third-order valence-electron chi connectivity index (χ3n) is 3.55. The first-order valence-corrected chi connectivity index (χ1v) is 7.71. The lowest BCUT2D eigenvalue weighted by molar-refractivity contribution is 0.151. The van der Waals surface area contributed by atoms with Crippen LogP contribution in [0.1, 0.15) is 36.4 Å². The van der Waals surface area contributed by atoms with Crippen molar-refractivity contribution in [3.63, 3.8) is 0 Å². The third kappa shape index (κ3) is 5.31. The van der Waals surface area contributed by atoms with Crippen molar-refractivity contribution in [1.82, 2.24) is 5.32 Å². The second kappa shape index (κ2) is 8.98. The maximum atomic E-state index is 12.7. The minimum absolute atomic E-state index is 0.0308. The maximum absolute atomic E-state index is 12.7. The SMILES string of the molecule is O=C(Nc1cccc(C(F)F)c1)NC(CCCO)c1ccccc1. The standard InChI is InChI=1S/C18H20F2N2O2/c19-17(20)14-8-4-9-15(12-14)21-18(24)22-16(10-5-11-23)13-6-2-1-3-7-13/h1-4,6-9,12,16-17,23H,5,10-11H2,(H2,21,22,24).